The van der Waals surface area contributed by atoms with Crippen molar-refractivity contribution < 1.29 is 9.90 Å². The highest BCUT2D eigenvalue weighted by atomic mass is 16.4. The van der Waals surface area contributed by atoms with E-state index < -0.39 is 5.97 Å². The van der Waals surface area contributed by atoms with E-state index in [0.29, 0.717) is 0 Å². The van der Waals surface area contributed by atoms with Crippen LogP contribution in [0.3, 0.4) is 0 Å². The maximum atomic E-state index is 11.3. The summed E-state index contributed by atoms with van der Waals surface area (Å²) in [6.45, 7) is 4.97. The van der Waals surface area contributed by atoms with Crippen molar-refractivity contribution >= 4 is 5.97 Å². The number of hydrogen-bond donors (Lipinski definition) is 1. The molecule has 3 nitrogen and oxygen atoms in total. The molecule has 0 radical (unpaired) electrons. The fraction of sp³-hybridized carbons (Fsp3) is 0.500. The number of carbonyl (C=O) groups is 1. The lowest BCUT2D eigenvalue weighted by atomic mass is 9.92. The van der Waals surface area contributed by atoms with Gasteiger partial charge in [-0.05, 0) is 39.4 Å². The molecule has 0 spiro atoms. The van der Waals surface area contributed by atoms with Crippen LogP contribution < -0.4 is 0 Å². The van der Waals surface area contributed by atoms with Crippen LogP contribution in [0.15, 0.2) is 18.2 Å². The van der Waals surface area contributed by atoms with Crippen molar-refractivity contribution in [3.63, 3.8) is 0 Å². The lowest BCUT2D eigenvalue weighted by Gasteiger charge is -2.24. The molecule has 3 heteroatoms. The van der Waals surface area contributed by atoms with Crippen LogP contribution in [-0.4, -0.2) is 29.6 Å². The summed E-state index contributed by atoms with van der Waals surface area (Å²) in [5, 5.41) is 9.27. The van der Waals surface area contributed by atoms with Gasteiger partial charge in [-0.15, -0.1) is 0 Å². The molecule has 17 heavy (non-hydrogen) atoms. The quantitative estimate of drug-likeness (QED) is 0.852. The van der Waals surface area contributed by atoms with Crippen molar-refractivity contribution in [1.82, 2.24) is 4.90 Å². The second-order valence-corrected chi connectivity index (χ2v) is 5.08. The molecule has 0 amide bonds. The number of carboxylic acids is 1. The van der Waals surface area contributed by atoms with E-state index in [2.05, 4.69) is 36.9 Å². The summed E-state index contributed by atoms with van der Waals surface area (Å²) in [6, 6.07) is 6.35. The molecule has 0 aliphatic carbocycles. The van der Waals surface area contributed by atoms with Crippen molar-refractivity contribution in [1.29, 1.82) is 0 Å². The van der Waals surface area contributed by atoms with Crippen molar-refractivity contribution in [2.75, 3.05) is 13.6 Å². The maximum Gasteiger partial charge on any atom is 0.308 e. The van der Waals surface area contributed by atoms with E-state index in [1.165, 1.54) is 11.1 Å². The first-order valence-corrected chi connectivity index (χ1v) is 6.00. The van der Waals surface area contributed by atoms with Gasteiger partial charge >= 0.3 is 5.97 Å². The first kappa shape index (κ1) is 12.1. The first-order chi connectivity index (χ1) is 7.99. The molecule has 0 bridgehead atoms. The van der Waals surface area contributed by atoms with Crippen LogP contribution in [0.25, 0.3) is 0 Å². The smallest absolute Gasteiger partial charge is 0.308 e. The third-order valence-corrected chi connectivity index (χ3v) is 3.55. The molecule has 0 saturated carbocycles. The molecule has 1 aromatic carbocycles. The van der Waals surface area contributed by atoms with Gasteiger partial charge in [0.2, 0.25) is 0 Å². The number of nitrogens with zero attached hydrogens (tertiary/aromatic N) is 1. The highest BCUT2D eigenvalue weighted by Crippen LogP contribution is 2.36. The van der Waals surface area contributed by atoms with Gasteiger partial charge < -0.3 is 5.11 Å². The number of aliphatic carboxylic acids is 1. The maximum absolute atomic E-state index is 11.3. The summed E-state index contributed by atoms with van der Waals surface area (Å²) in [6.07, 6.45) is 0.740. The Hall–Kier alpha value is -1.35. The molecule has 1 saturated heterocycles. The predicted molar refractivity (Wildman–Crippen MR) is 67.0 cm³/mol. The van der Waals surface area contributed by atoms with Crippen molar-refractivity contribution in [2.24, 2.45) is 5.92 Å². The van der Waals surface area contributed by atoms with Gasteiger partial charge in [-0.2, -0.15) is 0 Å². The third-order valence-electron chi connectivity index (χ3n) is 3.55. The lowest BCUT2D eigenvalue weighted by Crippen LogP contribution is -2.25. The number of likely N-dealkylation sites (tertiary alicyclic amines) is 1. The Bertz CT molecular complexity index is 422. The summed E-state index contributed by atoms with van der Waals surface area (Å²) in [5.74, 6) is -0.959. The standard InChI is InChI=1S/C14H19NO2/c1-9-6-10(2)8-11(7-9)13-12(14(16)17)4-5-15(13)3/h6-8,12-13H,4-5H2,1-3H3,(H,16,17). The predicted octanol–water partition coefficient (Wildman–Crippen LogP) is 2.38. The summed E-state index contributed by atoms with van der Waals surface area (Å²) in [5.41, 5.74) is 3.53. The topological polar surface area (TPSA) is 40.5 Å². The number of benzene rings is 1. The van der Waals surface area contributed by atoms with Crippen LogP contribution in [0, 0.1) is 19.8 Å². The molecule has 1 heterocycles. The molecule has 1 fully saturated rings. The minimum Gasteiger partial charge on any atom is -0.481 e. The molecule has 1 aromatic rings. The Morgan fingerprint density at radius 2 is 1.88 bits per heavy atom. The Balaban J connectivity index is 2.39. The van der Waals surface area contributed by atoms with Gasteiger partial charge in [-0.1, -0.05) is 29.3 Å². The summed E-state index contributed by atoms with van der Waals surface area (Å²) in [7, 11) is 2.01. The van der Waals surface area contributed by atoms with Gasteiger partial charge in [-0.25, -0.2) is 0 Å². The lowest BCUT2D eigenvalue weighted by molar-refractivity contribution is -0.142. The Kier molecular flexibility index (Phi) is 3.20. The fourth-order valence-corrected chi connectivity index (χ4v) is 2.87. The first-order valence-electron chi connectivity index (χ1n) is 6.00. The van der Waals surface area contributed by atoms with Crippen LogP contribution >= 0.6 is 0 Å². The van der Waals surface area contributed by atoms with E-state index in [0.717, 1.165) is 18.5 Å². The molecule has 2 atom stereocenters. The van der Waals surface area contributed by atoms with Crippen molar-refractivity contribution in [3.05, 3.63) is 34.9 Å². The summed E-state index contributed by atoms with van der Waals surface area (Å²) < 4.78 is 0. The fourth-order valence-electron chi connectivity index (χ4n) is 2.87. The van der Waals surface area contributed by atoms with Gasteiger partial charge in [0, 0.05) is 6.04 Å². The number of hydrogen-bond acceptors (Lipinski definition) is 2. The van der Waals surface area contributed by atoms with Gasteiger partial charge in [-0.3, -0.25) is 9.69 Å². The van der Waals surface area contributed by atoms with Crippen LogP contribution in [0.4, 0.5) is 0 Å². The highest BCUT2D eigenvalue weighted by Gasteiger charge is 2.37. The van der Waals surface area contributed by atoms with Crippen LogP contribution in [0.1, 0.15) is 29.2 Å². The van der Waals surface area contributed by atoms with E-state index in [1.54, 1.807) is 0 Å². The zero-order valence-corrected chi connectivity index (χ0v) is 10.6. The largest absolute Gasteiger partial charge is 0.481 e. The highest BCUT2D eigenvalue weighted by molar-refractivity contribution is 5.71. The Morgan fingerprint density at radius 3 is 2.41 bits per heavy atom. The van der Waals surface area contributed by atoms with E-state index in [-0.39, 0.29) is 12.0 Å². The molecule has 0 aromatic heterocycles. The monoisotopic (exact) mass is 233 g/mol. The minimum absolute atomic E-state index is 0.0195. The summed E-state index contributed by atoms with van der Waals surface area (Å²) >= 11 is 0. The van der Waals surface area contributed by atoms with Gasteiger partial charge in [0.1, 0.15) is 0 Å². The van der Waals surface area contributed by atoms with Crippen molar-refractivity contribution in [2.45, 2.75) is 26.3 Å². The number of aryl methyl sites for hydroxylation is 2. The second-order valence-electron chi connectivity index (χ2n) is 5.08. The zero-order valence-electron chi connectivity index (χ0n) is 10.6. The van der Waals surface area contributed by atoms with Gasteiger partial charge in [0.25, 0.3) is 0 Å². The molecular formula is C14H19NO2. The molecule has 92 valence electrons. The molecule has 1 aliphatic rings. The van der Waals surface area contributed by atoms with Gasteiger partial charge in [0.15, 0.2) is 0 Å². The SMILES string of the molecule is Cc1cc(C)cc(C2C(C(=O)O)CCN2C)c1. The van der Waals surface area contributed by atoms with Crippen molar-refractivity contribution in [3.8, 4) is 0 Å². The third kappa shape index (κ3) is 2.34. The van der Waals surface area contributed by atoms with E-state index in [1.807, 2.05) is 7.05 Å². The molecule has 1 N–H and O–H groups in total. The zero-order chi connectivity index (χ0) is 12.6. The molecule has 1 aliphatic heterocycles. The van der Waals surface area contributed by atoms with Crippen LogP contribution in [0.2, 0.25) is 0 Å². The minimum atomic E-state index is -0.682. The number of carboxylic acid groups (broad SMARTS) is 1. The molecule has 2 unspecified atom stereocenters. The number of rotatable bonds is 2. The Labute approximate surface area is 102 Å². The Morgan fingerprint density at radius 1 is 1.29 bits per heavy atom. The average molecular weight is 233 g/mol. The van der Waals surface area contributed by atoms with Crippen LogP contribution in [0.5, 0.6) is 0 Å². The second kappa shape index (κ2) is 4.49. The van der Waals surface area contributed by atoms with E-state index in [4.69, 9.17) is 0 Å². The van der Waals surface area contributed by atoms with Gasteiger partial charge in [0.05, 0.1) is 5.92 Å². The molecule has 2 rings (SSSR count). The van der Waals surface area contributed by atoms with Crippen LogP contribution in [-0.2, 0) is 4.79 Å². The van der Waals surface area contributed by atoms with E-state index >= 15 is 0 Å². The normalized spacial score (nSPS) is 25.1. The molecular weight excluding hydrogens is 214 g/mol. The average Bonchev–Trinajstić information content (AvgIpc) is 2.58. The van der Waals surface area contributed by atoms with E-state index in [9.17, 15) is 9.90 Å². The summed E-state index contributed by atoms with van der Waals surface area (Å²) in [4.78, 5) is 13.4.